The molecule has 0 spiro atoms. The molecular formula is C25H30N2O3. The molecule has 0 saturated carbocycles. The molecule has 1 saturated heterocycles. The predicted molar refractivity (Wildman–Crippen MR) is 118 cm³/mol. The number of piperidine rings is 1. The third-order valence-corrected chi connectivity index (χ3v) is 6.08. The number of imide groups is 1. The first kappa shape index (κ1) is 21.8. The smallest absolute Gasteiger partial charge is 0.237 e. The normalized spacial score (nSPS) is 18.9. The van der Waals surface area contributed by atoms with Gasteiger partial charge in [0.15, 0.2) is 0 Å². The molecule has 158 valence electrons. The van der Waals surface area contributed by atoms with Crippen LogP contribution in [0.1, 0.15) is 69.1 Å². The van der Waals surface area contributed by atoms with Crippen LogP contribution in [0.3, 0.4) is 0 Å². The Morgan fingerprint density at radius 1 is 1.07 bits per heavy atom. The van der Waals surface area contributed by atoms with Crippen molar-refractivity contribution in [3.63, 3.8) is 0 Å². The standard InChI is InChI=1S/C25H30N2O3/c1-4-25(16-15-23(29)27-24(25)30)20-10-12-21(13-11-20)26-22(28)14-7-18-5-8-19(9-6-18)17(2)3/h5-6,8-13,17H,4,7,14-16H2,1-3H3,(H,26,28)(H,27,29,30). The van der Waals surface area contributed by atoms with Crippen molar-refractivity contribution in [1.82, 2.24) is 5.32 Å². The van der Waals surface area contributed by atoms with E-state index >= 15 is 0 Å². The third-order valence-electron chi connectivity index (χ3n) is 6.08. The van der Waals surface area contributed by atoms with Gasteiger partial charge in [-0.25, -0.2) is 0 Å². The first-order valence-electron chi connectivity index (χ1n) is 10.7. The molecular weight excluding hydrogens is 376 g/mol. The van der Waals surface area contributed by atoms with Crippen molar-refractivity contribution in [3.05, 3.63) is 65.2 Å². The zero-order valence-electron chi connectivity index (χ0n) is 18.0. The zero-order valence-corrected chi connectivity index (χ0v) is 18.0. The van der Waals surface area contributed by atoms with Crippen molar-refractivity contribution in [2.45, 2.75) is 64.2 Å². The van der Waals surface area contributed by atoms with E-state index in [1.165, 1.54) is 5.56 Å². The summed E-state index contributed by atoms with van der Waals surface area (Å²) in [5.41, 5.74) is 3.34. The van der Waals surface area contributed by atoms with Crippen molar-refractivity contribution in [2.24, 2.45) is 0 Å². The molecule has 0 aromatic heterocycles. The minimum atomic E-state index is -0.682. The Morgan fingerprint density at radius 3 is 2.30 bits per heavy atom. The minimum Gasteiger partial charge on any atom is -0.326 e. The number of carbonyl (C=O) groups is 3. The number of nitrogens with one attached hydrogen (secondary N) is 2. The van der Waals surface area contributed by atoms with E-state index in [9.17, 15) is 14.4 Å². The fourth-order valence-electron chi connectivity index (χ4n) is 3.99. The lowest BCUT2D eigenvalue weighted by molar-refractivity contribution is -0.138. The fourth-order valence-corrected chi connectivity index (χ4v) is 3.99. The molecule has 1 heterocycles. The van der Waals surface area contributed by atoms with E-state index in [1.54, 1.807) is 0 Å². The lowest BCUT2D eigenvalue weighted by Crippen LogP contribution is -2.51. The number of benzene rings is 2. The Labute approximate surface area is 178 Å². The average molecular weight is 407 g/mol. The molecule has 2 aromatic carbocycles. The first-order valence-corrected chi connectivity index (χ1v) is 10.7. The number of amides is 3. The predicted octanol–water partition coefficient (Wildman–Crippen LogP) is 4.47. The Bertz CT molecular complexity index is 916. The molecule has 1 aliphatic heterocycles. The van der Waals surface area contributed by atoms with Crippen LogP contribution in [0.15, 0.2) is 48.5 Å². The van der Waals surface area contributed by atoms with Crippen LogP contribution in [0.4, 0.5) is 5.69 Å². The van der Waals surface area contributed by atoms with E-state index in [2.05, 4.69) is 48.7 Å². The second-order valence-electron chi connectivity index (χ2n) is 8.33. The van der Waals surface area contributed by atoms with Crippen LogP contribution in [0.25, 0.3) is 0 Å². The lowest BCUT2D eigenvalue weighted by atomic mass is 9.72. The highest BCUT2D eigenvalue weighted by atomic mass is 16.2. The Balaban J connectivity index is 1.59. The largest absolute Gasteiger partial charge is 0.326 e. The van der Waals surface area contributed by atoms with Crippen molar-refractivity contribution >= 4 is 23.4 Å². The first-order chi connectivity index (χ1) is 14.3. The van der Waals surface area contributed by atoms with E-state index in [1.807, 2.05) is 31.2 Å². The number of carbonyl (C=O) groups excluding carboxylic acids is 3. The highest BCUT2D eigenvalue weighted by molar-refractivity contribution is 6.03. The van der Waals surface area contributed by atoms with Gasteiger partial charge in [-0.15, -0.1) is 0 Å². The summed E-state index contributed by atoms with van der Waals surface area (Å²) in [6.45, 7) is 6.28. The Morgan fingerprint density at radius 2 is 1.73 bits per heavy atom. The maximum absolute atomic E-state index is 12.5. The van der Waals surface area contributed by atoms with Gasteiger partial charge in [-0.2, -0.15) is 0 Å². The van der Waals surface area contributed by atoms with E-state index in [0.29, 0.717) is 43.7 Å². The van der Waals surface area contributed by atoms with Gasteiger partial charge in [0, 0.05) is 18.5 Å². The number of aryl methyl sites for hydroxylation is 1. The minimum absolute atomic E-state index is 0.0399. The van der Waals surface area contributed by atoms with Crippen LogP contribution < -0.4 is 10.6 Å². The Kier molecular flexibility index (Phi) is 6.70. The summed E-state index contributed by atoms with van der Waals surface area (Å²) in [5, 5.41) is 5.39. The van der Waals surface area contributed by atoms with Crippen molar-refractivity contribution in [2.75, 3.05) is 5.32 Å². The monoisotopic (exact) mass is 406 g/mol. The molecule has 0 bridgehead atoms. The number of anilines is 1. The SMILES string of the molecule is CCC1(c2ccc(NC(=O)CCc3ccc(C(C)C)cc3)cc2)CCC(=O)NC1=O. The van der Waals surface area contributed by atoms with Crippen LogP contribution in [0, 0.1) is 0 Å². The molecule has 1 aliphatic rings. The van der Waals surface area contributed by atoms with Gasteiger partial charge in [0.05, 0.1) is 5.41 Å². The van der Waals surface area contributed by atoms with Crippen molar-refractivity contribution in [3.8, 4) is 0 Å². The van der Waals surface area contributed by atoms with Gasteiger partial charge in [-0.05, 0) is 54.0 Å². The fraction of sp³-hybridized carbons (Fsp3) is 0.400. The van der Waals surface area contributed by atoms with Crippen molar-refractivity contribution in [1.29, 1.82) is 0 Å². The summed E-state index contributed by atoms with van der Waals surface area (Å²) in [6, 6.07) is 15.8. The van der Waals surface area contributed by atoms with Crippen LogP contribution >= 0.6 is 0 Å². The van der Waals surface area contributed by atoms with E-state index in [-0.39, 0.29) is 17.7 Å². The summed E-state index contributed by atoms with van der Waals surface area (Å²) < 4.78 is 0. The topological polar surface area (TPSA) is 75.3 Å². The van der Waals surface area contributed by atoms with Gasteiger partial charge >= 0.3 is 0 Å². The maximum Gasteiger partial charge on any atom is 0.237 e. The van der Waals surface area contributed by atoms with Gasteiger partial charge in [-0.3, -0.25) is 19.7 Å². The molecule has 2 aromatic rings. The van der Waals surface area contributed by atoms with Gasteiger partial charge in [0.25, 0.3) is 0 Å². The molecule has 30 heavy (non-hydrogen) atoms. The van der Waals surface area contributed by atoms with Crippen LogP contribution in [-0.4, -0.2) is 17.7 Å². The molecule has 1 fully saturated rings. The summed E-state index contributed by atoms with van der Waals surface area (Å²) in [6.07, 6.45) is 2.57. The van der Waals surface area contributed by atoms with Crippen LogP contribution in [0.5, 0.6) is 0 Å². The summed E-state index contributed by atoms with van der Waals surface area (Å²) >= 11 is 0. The molecule has 1 atom stereocenters. The molecule has 5 heteroatoms. The van der Waals surface area contributed by atoms with Crippen molar-refractivity contribution < 1.29 is 14.4 Å². The van der Waals surface area contributed by atoms with Gasteiger partial charge < -0.3 is 5.32 Å². The van der Waals surface area contributed by atoms with Crippen LogP contribution in [-0.2, 0) is 26.2 Å². The molecule has 2 N–H and O–H groups in total. The second kappa shape index (κ2) is 9.24. The van der Waals surface area contributed by atoms with E-state index in [4.69, 9.17) is 0 Å². The third kappa shape index (κ3) is 4.78. The number of hydrogen-bond acceptors (Lipinski definition) is 3. The quantitative estimate of drug-likeness (QED) is 0.667. The summed E-state index contributed by atoms with van der Waals surface area (Å²) in [5.74, 6) is 0.00700. The van der Waals surface area contributed by atoms with E-state index < -0.39 is 5.41 Å². The van der Waals surface area contributed by atoms with Gasteiger partial charge in [0.1, 0.15) is 0 Å². The van der Waals surface area contributed by atoms with Gasteiger partial charge in [-0.1, -0.05) is 57.2 Å². The second-order valence-corrected chi connectivity index (χ2v) is 8.33. The highest BCUT2D eigenvalue weighted by Crippen LogP contribution is 2.36. The van der Waals surface area contributed by atoms with E-state index in [0.717, 1.165) is 11.1 Å². The number of hydrogen-bond donors (Lipinski definition) is 2. The highest BCUT2D eigenvalue weighted by Gasteiger charge is 2.42. The molecule has 0 radical (unpaired) electrons. The molecule has 3 rings (SSSR count). The average Bonchev–Trinajstić information content (AvgIpc) is 2.74. The molecule has 5 nitrogen and oxygen atoms in total. The Hall–Kier alpha value is -2.95. The number of rotatable bonds is 7. The lowest BCUT2D eigenvalue weighted by Gasteiger charge is -2.35. The summed E-state index contributed by atoms with van der Waals surface area (Å²) in [7, 11) is 0. The zero-order chi connectivity index (χ0) is 21.7. The molecule has 1 unspecified atom stereocenters. The molecule has 0 aliphatic carbocycles. The van der Waals surface area contributed by atoms with Crippen LogP contribution in [0.2, 0.25) is 0 Å². The summed E-state index contributed by atoms with van der Waals surface area (Å²) in [4.78, 5) is 36.4. The molecule has 3 amide bonds. The van der Waals surface area contributed by atoms with Gasteiger partial charge in [0.2, 0.25) is 17.7 Å². The maximum atomic E-state index is 12.5.